The normalized spacial score (nSPS) is 19.9. The highest BCUT2D eigenvalue weighted by Gasteiger charge is 2.12. The Hall–Kier alpha value is -1.05. The predicted molar refractivity (Wildman–Crippen MR) is 58.8 cm³/mol. The Balaban J connectivity index is 1.97. The number of hydrogen-bond donors (Lipinski definition) is 1. The van der Waals surface area contributed by atoms with Gasteiger partial charge in [-0.2, -0.15) is 0 Å². The van der Waals surface area contributed by atoms with Crippen LogP contribution in [0.2, 0.25) is 0 Å². The van der Waals surface area contributed by atoms with Gasteiger partial charge in [0.1, 0.15) is 6.61 Å². The molecule has 1 heterocycles. The molecule has 0 aromatic carbocycles. The zero-order chi connectivity index (χ0) is 11.6. The van der Waals surface area contributed by atoms with Crippen molar-refractivity contribution in [2.24, 2.45) is 0 Å². The lowest BCUT2D eigenvalue weighted by molar-refractivity contribution is -0.154. The van der Waals surface area contributed by atoms with Gasteiger partial charge in [0.2, 0.25) is 0 Å². The van der Waals surface area contributed by atoms with Crippen LogP contribution in [0.15, 0.2) is 0 Å². The fraction of sp³-hybridized carbons (Fsp3) is 0.750. The van der Waals surface area contributed by atoms with E-state index in [-0.39, 0.29) is 12.7 Å². The summed E-state index contributed by atoms with van der Waals surface area (Å²) in [5, 5.41) is 8.40. The Labute approximate surface area is 95.9 Å². The average Bonchev–Trinajstić information content (AvgIpc) is 2.29. The molecule has 1 aliphatic rings. The second kappa shape index (κ2) is 8.14. The first kappa shape index (κ1) is 13.0. The van der Waals surface area contributed by atoms with E-state index in [0.717, 1.165) is 25.9 Å². The van der Waals surface area contributed by atoms with E-state index in [9.17, 15) is 4.79 Å². The number of ether oxygens (including phenoxy) is 2. The molecule has 1 fully saturated rings. The van der Waals surface area contributed by atoms with Crippen molar-refractivity contribution in [2.75, 3.05) is 13.2 Å². The predicted octanol–water partition coefficient (Wildman–Crippen LogP) is 1.79. The van der Waals surface area contributed by atoms with Crippen molar-refractivity contribution in [2.45, 2.75) is 44.8 Å². The smallest absolute Gasteiger partial charge is 0.303 e. The molecule has 1 aliphatic heterocycles. The third kappa shape index (κ3) is 6.44. The van der Waals surface area contributed by atoms with Gasteiger partial charge < -0.3 is 14.6 Å². The summed E-state index contributed by atoms with van der Waals surface area (Å²) >= 11 is 0. The average molecular weight is 226 g/mol. The maximum absolute atomic E-state index is 10.2. The Morgan fingerprint density at radius 1 is 1.44 bits per heavy atom. The zero-order valence-corrected chi connectivity index (χ0v) is 9.41. The van der Waals surface area contributed by atoms with Crippen molar-refractivity contribution in [3.63, 3.8) is 0 Å². The standard InChI is InChI=1S/C12H18O4/c13-11(14)7-3-1-2-5-9-15-12-8-4-6-10-16-12/h12H,1,3-4,6-10H2,(H,13,14). The number of carboxylic acid groups (broad SMARTS) is 1. The molecule has 0 aliphatic carbocycles. The Kier molecular flexibility index (Phi) is 6.62. The summed E-state index contributed by atoms with van der Waals surface area (Å²) in [6.07, 6.45) is 4.50. The van der Waals surface area contributed by atoms with Crippen LogP contribution in [0, 0.1) is 11.8 Å². The van der Waals surface area contributed by atoms with Gasteiger partial charge >= 0.3 is 5.97 Å². The summed E-state index contributed by atoms with van der Waals surface area (Å²) in [4.78, 5) is 10.2. The molecule has 0 radical (unpaired) electrons. The molecule has 0 aromatic heterocycles. The molecule has 0 aromatic rings. The van der Waals surface area contributed by atoms with Gasteiger partial charge in [-0.3, -0.25) is 4.79 Å². The van der Waals surface area contributed by atoms with E-state index in [2.05, 4.69) is 11.8 Å². The van der Waals surface area contributed by atoms with Gasteiger partial charge in [0.05, 0.1) is 0 Å². The quantitative estimate of drug-likeness (QED) is 0.573. The first-order chi connectivity index (χ1) is 7.79. The summed E-state index contributed by atoms with van der Waals surface area (Å²) in [5.41, 5.74) is 0. The minimum Gasteiger partial charge on any atom is -0.481 e. The molecule has 4 heteroatoms. The topological polar surface area (TPSA) is 55.8 Å². The van der Waals surface area contributed by atoms with E-state index in [0.29, 0.717) is 19.4 Å². The van der Waals surface area contributed by atoms with Gasteiger partial charge in [-0.1, -0.05) is 5.92 Å². The molecule has 0 spiro atoms. The Morgan fingerprint density at radius 3 is 3.00 bits per heavy atom. The molecule has 1 unspecified atom stereocenters. The van der Waals surface area contributed by atoms with Gasteiger partial charge in [0.15, 0.2) is 6.29 Å². The van der Waals surface area contributed by atoms with Crippen LogP contribution in [0.3, 0.4) is 0 Å². The largest absolute Gasteiger partial charge is 0.481 e. The minimum atomic E-state index is -0.770. The van der Waals surface area contributed by atoms with Crippen molar-refractivity contribution in [1.29, 1.82) is 0 Å². The number of aliphatic carboxylic acids is 1. The molecule has 90 valence electrons. The molecule has 0 amide bonds. The third-order valence-electron chi connectivity index (χ3n) is 2.30. The molecule has 4 nitrogen and oxygen atoms in total. The first-order valence-electron chi connectivity index (χ1n) is 5.70. The van der Waals surface area contributed by atoms with Crippen LogP contribution in [-0.4, -0.2) is 30.6 Å². The third-order valence-corrected chi connectivity index (χ3v) is 2.30. The SMILES string of the molecule is O=C(O)CCCC#CCOC1CCCCO1. The van der Waals surface area contributed by atoms with Gasteiger partial charge in [0, 0.05) is 19.4 Å². The van der Waals surface area contributed by atoms with Crippen LogP contribution in [0.5, 0.6) is 0 Å². The van der Waals surface area contributed by atoms with Gasteiger partial charge in [-0.25, -0.2) is 0 Å². The molecule has 16 heavy (non-hydrogen) atoms. The van der Waals surface area contributed by atoms with Crippen molar-refractivity contribution < 1.29 is 19.4 Å². The monoisotopic (exact) mass is 226 g/mol. The van der Waals surface area contributed by atoms with E-state index < -0.39 is 5.97 Å². The first-order valence-corrected chi connectivity index (χ1v) is 5.70. The van der Waals surface area contributed by atoms with Crippen molar-refractivity contribution in [3.8, 4) is 11.8 Å². The second-order valence-electron chi connectivity index (χ2n) is 3.71. The number of carbonyl (C=O) groups is 1. The summed E-state index contributed by atoms with van der Waals surface area (Å²) in [6, 6.07) is 0. The van der Waals surface area contributed by atoms with Crippen LogP contribution in [-0.2, 0) is 14.3 Å². The van der Waals surface area contributed by atoms with E-state index in [4.69, 9.17) is 14.6 Å². The summed E-state index contributed by atoms with van der Waals surface area (Å²) in [5.74, 6) is 4.98. The Bertz CT molecular complexity index is 258. The second-order valence-corrected chi connectivity index (χ2v) is 3.71. The van der Waals surface area contributed by atoms with Crippen LogP contribution < -0.4 is 0 Å². The van der Waals surface area contributed by atoms with E-state index in [1.54, 1.807) is 0 Å². The van der Waals surface area contributed by atoms with E-state index in [1.165, 1.54) is 0 Å². The summed E-state index contributed by atoms with van der Waals surface area (Å²) < 4.78 is 10.8. The number of unbranched alkanes of at least 4 members (excludes halogenated alkanes) is 1. The summed E-state index contributed by atoms with van der Waals surface area (Å²) in [6.45, 7) is 1.15. The maximum Gasteiger partial charge on any atom is 0.303 e. The maximum atomic E-state index is 10.2. The van der Waals surface area contributed by atoms with Gasteiger partial charge in [0.25, 0.3) is 0 Å². The lowest BCUT2D eigenvalue weighted by atomic mass is 10.2. The highest BCUT2D eigenvalue weighted by Crippen LogP contribution is 2.12. The zero-order valence-electron chi connectivity index (χ0n) is 9.41. The molecule has 1 saturated heterocycles. The van der Waals surface area contributed by atoms with E-state index in [1.807, 2.05) is 0 Å². The van der Waals surface area contributed by atoms with Crippen LogP contribution >= 0.6 is 0 Å². The molecular formula is C12H18O4. The molecule has 0 bridgehead atoms. The van der Waals surface area contributed by atoms with Crippen molar-refractivity contribution >= 4 is 5.97 Å². The van der Waals surface area contributed by atoms with Crippen molar-refractivity contribution in [3.05, 3.63) is 0 Å². The number of hydrogen-bond acceptors (Lipinski definition) is 3. The molecular weight excluding hydrogens is 208 g/mol. The van der Waals surface area contributed by atoms with Gasteiger partial charge in [-0.05, 0) is 25.7 Å². The highest BCUT2D eigenvalue weighted by atomic mass is 16.7. The Morgan fingerprint density at radius 2 is 2.31 bits per heavy atom. The lowest BCUT2D eigenvalue weighted by Gasteiger charge is -2.21. The van der Waals surface area contributed by atoms with Crippen LogP contribution in [0.4, 0.5) is 0 Å². The number of rotatable bonds is 5. The van der Waals surface area contributed by atoms with Crippen molar-refractivity contribution in [1.82, 2.24) is 0 Å². The van der Waals surface area contributed by atoms with E-state index >= 15 is 0 Å². The fourth-order valence-electron chi connectivity index (χ4n) is 1.44. The fourth-order valence-corrected chi connectivity index (χ4v) is 1.44. The summed E-state index contributed by atoms with van der Waals surface area (Å²) in [7, 11) is 0. The molecule has 1 atom stereocenters. The van der Waals surface area contributed by atoms with Crippen LogP contribution in [0.25, 0.3) is 0 Å². The number of carboxylic acids is 1. The molecule has 1 N–H and O–H groups in total. The highest BCUT2D eigenvalue weighted by molar-refractivity contribution is 5.66. The molecule has 0 saturated carbocycles. The lowest BCUT2D eigenvalue weighted by Crippen LogP contribution is -2.22. The van der Waals surface area contributed by atoms with Gasteiger partial charge in [-0.15, -0.1) is 5.92 Å². The minimum absolute atomic E-state index is 0.0953. The molecule has 1 rings (SSSR count). The van der Waals surface area contributed by atoms with Crippen LogP contribution in [0.1, 0.15) is 38.5 Å².